The molecular formula is C20H25N5. The smallest absolute Gasteiger partial charge is 0.0651 e. The molecule has 1 saturated heterocycles. The zero-order valence-electron chi connectivity index (χ0n) is 14.9. The van der Waals surface area contributed by atoms with Crippen LogP contribution < -0.4 is 0 Å². The summed E-state index contributed by atoms with van der Waals surface area (Å²) in [5.74, 6) is 0.565. The number of aromatic nitrogens is 4. The van der Waals surface area contributed by atoms with Crippen molar-refractivity contribution in [2.45, 2.75) is 39.2 Å². The second kappa shape index (κ2) is 6.84. The van der Waals surface area contributed by atoms with Crippen LogP contribution >= 0.6 is 0 Å². The van der Waals surface area contributed by atoms with Gasteiger partial charge in [0.2, 0.25) is 0 Å². The summed E-state index contributed by atoms with van der Waals surface area (Å²) < 4.78 is 2.03. The van der Waals surface area contributed by atoms with E-state index in [1.807, 2.05) is 17.8 Å². The Bertz CT molecular complexity index is 834. The van der Waals surface area contributed by atoms with Crippen molar-refractivity contribution in [2.75, 3.05) is 13.1 Å². The van der Waals surface area contributed by atoms with E-state index in [4.69, 9.17) is 0 Å². The maximum Gasteiger partial charge on any atom is 0.0651 e. The Morgan fingerprint density at radius 1 is 1.20 bits per heavy atom. The molecule has 5 nitrogen and oxygen atoms in total. The third-order valence-electron chi connectivity index (χ3n) is 5.04. The molecule has 0 bridgehead atoms. The van der Waals surface area contributed by atoms with E-state index in [2.05, 4.69) is 63.5 Å². The molecule has 1 atom stereocenters. The van der Waals surface area contributed by atoms with E-state index in [0.717, 1.165) is 31.0 Å². The lowest BCUT2D eigenvalue weighted by Crippen LogP contribution is -2.34. The Morgan fingerprint density at radius 3 is 2.88 bits per heavy atom. The number of hydrogen-bond donors (Lipinski definition) is 1. The number of benzene rings is 1. The average Bonchev–Trinajstić information content (AvgIpc) is 3.25. The fourth-order valence-corrected chi connectivity index (χ4v) is 3.88. The third-order valence-corrected chi connectivity index (χ3v) is 5.04. The average molecular weight is 335 g/mol. The van der Waals surface area contributed by atoms with Gasteiger partial charge in [-0.15, -0.1) is 0 Å². The van der Waals surface area contributed by atoms with Gasteiger partial charge in [-0.05, 0) is 63.1 Å². The molecule has 130 valence electrons. The van der Waals surface area contributed by atoms with E-state index in [1.54, 1.807) is 0 Å². The molecule has 1 unspecified atom stereocenters. The maximum atomic E-state index is 4.61. The number of piperidine rings is 1. The molecule has 1 aliphatic heterocycles. The minimum atomic E-state index is 0.565. The molecular weight excluding hydrogens is 310 g/mol. The molecule has 3 aromatic rings. The highest BCUT2D eigenvalue weighted by Gasteiger charge is 2.22. The van der Waals surface area contributed by atoms with E-state index in [0.29, 0.717) is 5.92 Å². The Balaban J connectivity index is 1.49. The number of aromatic amines is 1. The predicted octanol–water partition coefficient (Wildman–Crippen LogP) is 3.59. The summed E-state index contributed by atoms with van der Waals surface area (Å²) in [6, 6.07) is 13.0. The Labute approximate surface area is 148 Å². The number of likely N-dealkylation sites (tertiary alicyclic amines) is 1. The topological polar surface area (TPSA) is 49.7 Å². The van der Waals surface area contributed by atoms with E-state index >= 15 is 0 Å². The Hall–Kier alpha value is -2.40. The molecule has 1 N–H and O–H groups in total. The van der Waals surface area contributed by atoms with Crippen molar-refractivity contribution in [2.24, 2.45) is 0 Å². The van der Waals surface area contributed by atoms with Gasteiger partial charge in [-0.25, -0.2) is 4.68 Å². The molecule has 0 saturated carbocycles. The van der Waals surface area contributed by atoms with Gasteiger partial charge in [-0.2, -0.15) is 10.2 Å². The van der Waals surface area contributed by atoms with E-state index < -0.39 is 0 Å². The highest BCUT2D eigenvalue weighted by Crippen LogP contribution is 2.26. The molecule has 0 spiro atoms. The van der Waals surface area contributed by atoms with Crippen LogP contribution in [-0.2, 0) is 6.54 Å². The van der Waals surface area contributed by atoms with Gasteiger partial charge in [0, 0.05) is 36.6 Å². The van der Waals surface area contributed by atoms with Gasteiger partial charge >= 0.3 is 0 Å². The zero-order valence-corrected chi connectivity index (χ0v) is 14.9. The lowest BCUT2D eigenvalue weighted by atomic mass is 9.94. The summed E-state index contributed by atoms with van der Waals surface area (Å²) >= 11 is 0. The summed E-state index contributed by atoms with van der Waals surface area (Å²) in [7, 11) is 0. The van der Waals surface area contributed by atoms with Gasteiger partial charge in [0.25, 0.3) is 0 Å². The first-order chi connectivity index (χ1) is 12.2. The molecule has 0 radical (unpaired) electrons. The largest absolute Gasteiger partial charge is 0.298 e. The molecule has 5 heteroatoms. The number of rotatable bonds is 4. The first-order valence-corrected chi connectivity index (χ1v) is 9.03. The van der Waals surface area contributed by atoms with Crippen LogP contribution in [0.2, 0.25) is 0 Å². The number of H-pyrrole nitrogens is 1. The van der Waals surface area contributed by atoms with E-state index in [9.17, 15) is 0 Å². The Morgan fingerprint density at radius 2 is 2.12 bits per heavy atom. The van der Waals surface area contributed by atoms with Crippen molar-refractivity contribution in [1.29, 1.82) is 0 Å². The minimum absolute atomic E-state index is 0.565. The van der Waals surface area contributed by atoms with Gasteiger partial charge in [-0.3, -0.25) is 10.00 Å². The van der Waals surface area contributed by atoms with Gasteiger partial charge in [0.15, 0.2) is 0 Å². The fraction of sp³-hybridized carbons (Fsp3) is 0.400. The molecule has 1 aliphatic rings. The van der Waals surface area contributed by atoms with Crippen LogP contribution in [0.15, 0.2) is 42.6 Å². The monoisotopic (exact) mass is 335 g/mol. The standard InChI is InChI=1S/C20H25N5/c1-15-11-16(2)25(23-15)19-7-3-5-17(12-19)13-24-10-4-6-18(14-24)20-8-9-21-22-20/h3,5,7-9,11-12,18H,4,6,10,13-14H2,1-2H3,(H,21,22). The van der Waals surface area contributed by atoms with E-state index in [1.165, 1.54) is 29.8 Å². The number of aryl methyl sites for hydroxylation is 2. The first kappa shape index (κ1) is 16.1. The predicted molar refractivity (Wildman–Crippen MR) is 98.9 cm³/mol. The van der Waals surface area contributed by atoms with Gasteiger partial charge in [-0.1, -0.05) is 12.1 Å². The molecule has 25 heavy (non-hydrogen) atoms. The van der Waals surface area contributed by atoms with Crippen molar-refractivity contribution < 1.29 is 0 Å². The summed E-state index contributed by atoms with van der Waals surface area (Å²) in [6.07, 6.45) is 4.33. The minimum Gasteiger partial charge on any atom is -0.298 e. The first-order valence-electron chi connectivity index (χ1n) is 9.03. The quantitative estimate of drug-likeness (QED) is 0.793. The second-order valence-corrected chi connectivity index (χ2v) is 7.10. The van der Waals surface area contributed by atoms with Crippen LogP contribution in [-0.4, -0.2) is 38.0 Å². The second-order valence-electron chi connectivity index (χ2n) is 7.10. The zero-order chi connectivity index (χ0) is 17.2. The SMILES string of the molecule is Cc1cc(C)n(-c2cccc(CN3CCCC(c4ccn[nH]4)C3)c2)n1. The summed E-state index contributed by atoms with van der Waals surface area (Å²) in [6.45, 7) is 7.38. The summed E-state index contributed by atoms with van der Waals surface area (Å²) in [5.41, 5.74) is 5.98. The molecule has 0 amide bonds. The van der Waals surface area contributed by atoms with Crippen molar-refractivity contribution in [1.82, 2.24) is 24.9 Å². The molecule has 2 aromatic heterocycles. The third kappa shape index (κ3) is 3.51. The van der Waals surface area contributed by atoms with Gasteiger partial charge in [0.1, 0.15) is 0 Å². The van der Waals surface area contributed by atoms with Crippen molar-refractivity contribution >= 4 is 0 Å². The van der Waals surface area contributed by atoms with Crippen molar-refractivity contribution in [3.05, 3.63) is 65.2 Å². The maximum absolute atomic E-state index is 4.61. The lowest BCUT2D eigenvalue weighted by Gasteiger charge is -2.32. The summed E-state index contributed by atoms with van der Waals surface area (Å²) in [5, 5.41) is 11.9. The molecule has 1 aromatic carbocycles. The molecule has 4 rings (SSSR count). The number of hydrogen-bond acceptors (Lipinski definition) is 3. The van der Waals surface area contributed by atoms with Crippen LogP contribution in [0, 0.1) is 13.8 Å². The highest BCUT2D eigenvalue weighted by atomic mass is 15.3. The van der Waals surface area contributed by atoms with E-state index in [-0.39, 0.29) is 0 Å². The highest BCUT2D eigenvalue weighted by molar-refractivity contribution is 5.37. The lowest BCUT2D eigenvalue weighted by molar-refractivity contribution is 0.198. The normalized spacial score (nSPS) is 18.6. The number of nitrogens with one attached hydrogen (secondary N) is 1. The van der Waals surface area contributed by atoms with Crippen molar-refractivity contribution in [3.63, 3.8) is 0 Å². The molecule has 1 fully saturated rings. The van der Waals surface area contributed by atoms with Crippen LogP contribution in [0.1, 0.15) is 41.4 Å². The Kier molecular flexibility index (Phi) is 4.40. The van der Waals surface area contributed by atoms with Crippen molar-refractivity contribution in [3.8, 4) is 5.69 Å². The molecule has 3 heterocycles. The number of nitrogens with zero attached hydrogens (tertiary/aromatic N) is 4. The fourth-order valence-electron chi connectivity index (χ4n) is 3.88. The van der Waals surface area contributed by atoms with Crippen LogP contribution in [0.3, 0.4) is 0 Å². The van der Waals surface area contributed by atoms with Gasteiger partial charge < -0.3 is 0 Å². The van der Waals surface area contributed by atoms with Crippen LogP contribution in [0.5, 0.6) is 0 Å². The summed E-state index contributed by atoms with van der Waals surface area (Å²) in [4.78, 5) is 2.55. The molecule has 0 aliphatic carbocycles. The van der Waals surface area contributed by atoms with Gasteiger partial charge in [0.05, 0.1) is 11.4 Å². The van der Waals surface area contributed by atoms with Crippen LogP contribution in [0.25, 0.3) is 5.69 Å². The van der Waals surface area contributed by atoms with Crippen LogP contribution in [0.4, 0.5) is 0 Å².